The van der Waals surface area contributed by atoms with E-state index in [1.165, 1.54) is 72.7 Å². The van der Waals surface area contributed by atoms with Crippen LogP contribution < -0.4 is 76.0 Å². The molecule has 0 spiro atoms. The van der Waals surface area contributed by atoms with Crippen molar-refractivity contribution in [3.63, 3.8) is 0 Å². The maximum absolute atomic E-state index is 11.6. The molecule has 0 saturated heterocycles. The molecular weight excluding hydrogens is 1320 g/mol. The van der Waals surface area contributed by atoms with Crippen LogP contribution in [0.25, 0.3) is 0 Å². The first kappa shape index (κ1) is 75.7. The lowest BCUT2D eigenvalue weighted by Gasteiger charge is -2.13. The summed E-state index contributed by atoms with van der Waals surface area (Å²) >= 11 is 0. The van der Waals surface area contributed by atoms with Crippen molar-refractivity contribution in [1.29, 1.82) is 0 Å². The van der Waals surface area contributed by atoms with Gasteiger partial charge in [-0.2, -0.15) is 0 Å². The minimum absolute atomic E-state index is 0. The number of carbonyl (C=O) groups is 7. The van der Waals surface area contributed by atoms with Crippen molar-refractivity contribution in [3.05, 3.63) is 116 Å². The fourth-order valence-electron chi connectivity index (χ4n) is 16.0. The van der Waals surface area contributed by atoms with Gasteiger partial charge in [0.25, 0.3) is 0 Å². The summed E-state index contributed by atoms with van der Waals surface area (Å²) in [5.41, 5.74) is 19.1. The molecule has 0 saturated carbocycles. The predicted molar refractivity (Wildman–Crippen MR) is 400 cm³/mol. The second kappa shape index (κ2) is 36.8. The molecule has 8 N–H and O–H groups in total. The first-order valence-electron chi connectivity index (χ1n) is 37.3. The standard InChI is InChI=1S/C17H22N2O3.C16H20N2O3.C16H22N2O2.2C15H20N2O2.ClH/c1-2-3-16(21)18-8-6-12-10-19(11-20)14-4-5-15-13(17(12)14)7-9-22-15;1-2-15(20)17-7-5-11-9-18(10-19)13-3-4-14-12(16(11)13)6-8-21-14;1-2-3-15(19)17-8-6-11-10-18-13-4-5-14-12(16(11)13)7-9-20-14;2*1-2-14(18)16-7-5-10-9-17-12-3-4-13-11(15(10)12)6-8-19-13;/h4-5,11-12H,2-3,6-10H2,1H3,(H,18,21);3-4,10-11H,2,5-9H2,1H3,(H,17,20);4-5,11,18H,2-3,6-10H2,1H3,(H,17,19);2*3-4,10,17H,2,5-9H2,1H3,(H,16,18);1H. The third-order valence-corrected chi connectivity index (χ3v) is 20.9. The van der Waals surface area contributed by atoms with E-state index in [4.69, 9.17) is 23.7 Å². The summed E-state index contributed by atoms with van der Waals surface area (Å²) in [4.78, 5) is 83.1. The number of nitrogens with zero attached hydrogens (tertiary/aromatic N) is 2. The normalized spacial score (nSPS) is 18.8. The van der Waals surface area contributed by atoms with E-state index in [1.54, 1.807) is 9.80 Å². The first-order valence-corrected chi connectivity index (χ1v) is 37.3. The molecule has 0 aromatic heterocycles. The van der Waals surface area contributed by atoms with Crippen LogP contribution in [0.1, 0.15) is 197 Å². The van der Waals surface area contributed by atoms with Crippen molar-refractivity contribution in [2.45, 2.75) is 173 Å². The van der Waals surface area contributed by atoms with Gasteiger partial charge in [-0.25, -0.2) is 0 Å². The molecule has 15 rings (SSSR count). The SMILES string of the molecule is CCC(=O)NCCC1CN(C=O)c2ccc3c(c21)CCO3.CCC(=O)NCCC1CNc2ccc3c(c21)CCO3.CCC(=O)NCCC1CNc2ccc3c(c21)CCO3.CCCC(=O)NCCC1CN(C=O)c2ccc3c(c21)CCO3.CCCC(=O)NCCC1CNc2ccc3c(c21)CCO3.Cl. The van der Waals surface area contributed by atoms with Gasteiger partial charge in [0.05, 0.1) is 33.0 Å². The number of halogens is 1. The van der Waals surface area contributed by atoms with E-state index in [9.17, 15) is 33.6 Å². The quantitative estimate of drug-likeness (QED) is 0.0267. The molecule has 5 unspecified atom stereocenters. The zero-order chi connectivity index (χ0) is 70.8. The summed E-state index contributed by atoms with van der Waals surface area (Å²) in [5, 5.41) is 25.2. The number of benzene rings is 5. The van der Waals surface area contributed by atoms with Gasteiger partial charge in [0.15, 0.2) is 0 Å². The van der Waals surface area contributed by atoms with E-state index in [0.717, 1.165) is 189 Å². The molecule has 0 radical (unpaired) electrons. The molecule has 550 valence electrons. The lowest BCUT2D eigenvalue weighted by atomic mass is 9.92. The zero-order valence-corrected chi connectivity index (χ0v) is 61.0. The Kier molecular flexibility index (Phi) is 27.3. The van der Waals surface area contributed by atoms with E-state index in [1.807, 2.05) is 58.9 Å². The van der Waals surface area contributed by atoms with Gasteiger partial charge >= 0.3 is 0 Å². The summed E-state index contributed by atoms with van der Waals surface area (Å²) in [6, 6.07) is 20.4. The highest BCUT2D eigenvalue weighted by molar-refractivity contribution is 5.86. The van der Waals surface area contributed by atoms with Gasteiger partial charge < -0.3 is 76.0 Å². The van der Waals surface area contributed by atoms with Gasteiger partial charge in [0.2, 0.25) is 42.4 Å². The summed E-state index contributed by atoms with van der Waals surface area (Å²) < 4.78 is 28.2. The number of nitrogens with one attached hydrogen (secondary N) is 8. The van der Waals surface area contributed by atoms with E-state index in [-0.39, 0.29) is 53.8 Å². The third-order valence-electron chi connectivity index (χ3n) is 20.9. The van der Waals surface area contributed by atoms with Crippen LogP contribution >= 0.6 is 12.4 Å². The molecule has 102 heavy (non-hydrogen) atoms. The summed E-state index contributed by atoms with van der Waals surface area (Å²) in [6.07, 6.45) is 15.9. The van der Waals surface area contributed by atoms with Crippen molar-refractivity contribution in [2.24, 2.45) is 0 Å². The summed E-state index contributed by atoms with van der Waals surface area (Å²) in [7, 11) is 0. The van der Waals surface area contributed by atoms with Crippen molar-refractivity contribution < 1.29 is 57.2 Å². The Labute approximate surface area is 606 Å². The molecule has 7 amide bonds. The molecular formula is C79H105ClN10O12. The number of hydrogen-bond donors (Lipinski definition) is 8. The van der Waals surface area contributed by atoms with Crippen LogP contribution in [-0.4, -0.2) is 141 Å². The van der Waals surface area contributed by atoms with Gasteiger partial charge in [0, 0.05) is 215 Å². The van der Waals surface area contributed by atoms with Crippen molar-refractivity contribution >= 4 is 83.2 Å². The Hall–Kier alpha value is -8.92. The Morgan fingerprint density at radius 2 is 0.647 bits per heavy atom. The molecule has 5 atom stereocenters. The number of carbonyl (C=O) groups excluding carboxylic acids is 7. The van der Waals surface area contributed by atoms with Crippen molar-refractivity contribution in [2.75, 3.05) is 124 Å². The number of amides is 7. The summed E-state index contributed by atoms with van der Waals surface area (Å²) in [5.74, 6) is 7.67. The lowest BCUT2D eigenvalue weighted by Crippen LogP contribution is -2.26. The Balaban J connectivity index is 0.000000137. The van der Waals surface area contributed by atoms with Crippen LogP contribution in [0.2, 0.25) is 0 Å². The van der Waals surface area contributed by atoms with Gasteiger partial charge in [0.1, 0.15) is 28.7 Å². The average molecular weight is 1420 g/mol. The topological polar surface area (TPSA) is 268 Å². The smallest absolute Gasteiger partial charge is 0.219 e. The Bertz CT molecular complexity index is 3700. The fourth-order valence-corrected chi connectivity index (χ4v) is 16.0. The van der Waals surface area contributed by atoms with Crippen molar-refractivity contribution in [3.8, 4) is 28.7 Å². The van der Waals surface area contributed by atoms with Crippen LogP contribution in [-0.2, 0) is 65.7 Å². The number of fused-ring (bicyclic) bond motifs is 15. The lowest BCUT2D eigenvalue weighted by molar-refractivity contribution is -0.121. The molecule has 10 heterocycles. The van der Waals surface area contributed by atoms with E-state index in [0.29, 0.717) is 89.3 Å². The third kappa shape index (κ3) is 17.9. The largest absolute Gasteiger partial charge is 0.493 e. The molecule has 22 nitrogen and oxygen atoms in total. The van der Waals surface area contributed by atoms with Gasteiger partial charge in [-0.1, -0.05) is 34.6 Å². The minimum atomic E-state index is 0. The second-order valence-electron chi connectivity index (χ2n) is 27.3. The molecule has 0 aliphatic carbocycles. The summed E-state index contributed by atoms with van der Waals surface area (Å²) in [6.45, 7) is 21.3. The van der Waals surface area contributed by atoms with Gasteiger partial charge in [-0.15, -0.1) is 12.4 Å². The van der Waals surface area contributed by atoms with Crippen LogP contribution in [0, 0.1) is 0 Å². The molecule has 10 aliphatic heterocycles. The molecule has 0 bridgehead atoms. The van der Waals surface area contributed by atoms with E-state index >= 15 is 0 Å². The average Bonchev–Trinajstić information content (AvgIpc) is 1.64. The van der Waals surface area contributed by atoms with Gasteiger partial charge in [-0.3, -0.25) is 33.6 Å². The predicted octanol–water partition coefficient (Wildman–Crippen LogP) is 10.5. The maximum atomic E-state index is 11.6. The maximum Gasteiger partial charge on any atom is 0.219 e. The molecule has 5 aromatic carbocycles. The monoisotopic (exact) mass is 1420 g/mol. The molecule has 10 aliphatic rings. The number of hydrogen-bond acceptors (Lipinski definition) is 15. The zero-order valence-electron chi connectivity index (χ0n) is 60.1. The van der Waals surface area contributed by atoms with E-state index < -0.39 is 0 Å². The van der Waals surface area contributed by atoms with Crippen LogP contribution in [0.15, 0.2) is 60.7 Å². The molecule has 5 aromatic rings. The molecule has 0 fully saturated rings. The first-order chi connectivity index (χ1) is 49.4. The Morgan fingerprint density at radius 3 is 0.922 bits per heavy atom. The fraction of sp³-hybridized carbons (Fsp3) is 0.532. The highest BCUT2D eigenvalue weighted by Crippen LogP contribution is 2.48. The second-order valence-corrected chi connectivity index (χ2v) is 27.3. The number of ether oxygens (including phenoxy) is 5. The van der Waals surface area contributed by atoms with Crippen molar-refractivity contribution in [1.82, 2.24) is 26.6 Å². The van der Waals surface area contributed by atoms with Gasteiger partial charge in [-0.05, 0) is 133 Å². The Morgan fingerprint density at radius 1 is 0.382 bits per heavy atom. The van der Waals surface area contributed by atoms with Crippen LogP contribution in [0.4, 0.5) is 28.4 Å². The van der Waals surface area contributed by atoms with E-state index in [2.05, 4.69) is 78.9 Å². The van der Waals surface area contributed by atoms with Crippen LogP contribution in [0.3, 0.4) is 0 Å². The molecule has 23 heteroatoms. The van der Waals surface area contributed by atoms with Crippen LogP contribution in [0.5, 0.6) is 28.7 Å². The highest BCUT2D eigenvalue weighted by Gasteiger charge is 2.37. The number of anilines is 5. The number of rotatable bonds is 24. The minimum Gasteiger partial charge on any atom is -0.493 e. The highest BCUT2D eigenvalue weighted by atomic mass is 35.5.